The molecule has 1 fully saturated rings. The van der Waals surface area contributed by atoms with Gasteiger partial charge in [0, 0.05) is 26.2 Å². The smallest absolute Gasteiger partial charge is 0.287 e. The van der Waals surface area contributed by atoms with Gasteiger partial charge in [0.2, 0.25) is 0 Å². The van der Waals surface area contributed by atoms with Crippen LogP contribution in [0.2, 0.25) is 0 Å². The Morgan fingerprint density at radius 3 is 2.65 bits per heavy atom. The Kier molecular flexibility index (Phi) is 4.39. The summed E-state index contributed by atoms with van der Waals surface area (Å²) in [7, 11) is 3.59. The highest BCUT2D eigenvalue weighted by molar-refractivity contribution is 5.93. The second kappa shape index (κ2) is 6.04. The van der Waals surface area contributed by atoms with Crippen LogP contribution in [-0.2, 0) is 7.05 Å². The highest BCUT2D eigenvalue weighted by Crippen LogP contribution is 2.21. The molecule has 0 aliphatic carbocycles. The van der Waals surface area contributed by atoms with Crippen molar-refractivity contribution in [2.45, 2.75) is 12.8 Å². The van der Waals surface area contributed by atoms with Crippen molar-refractivity contribution in [1.29, 1.82) is 0 Å². The maximum absolute atomic E-state index is 12.4. The summed E-state index contributed by atoms with van der Waals surface area (Å²) in [5, 5.41) is 13.9. The molecule has 1 saturated heterocycles. The van der Waals surface area contributed by atoms with Crippen molar-refractivity contribution in [3.63, 3.8) is 0 Å². The Labute approximate surface area is 117 Å². The third-order valence-corrected chi connectivity index (χ3v) is 3.81. The maximum atomic E-state index is 12.4. The van der Waals surface area contributed by atoms with E-state index in [0.29, 0.717) is 24.7 Å². The molecule has 2 heterocycles. The lowest BCUT2D eigenvalue weighted by atomic mass is 9.96. The third kappa shape index (κ3) is 2.98. The molecule has 0 unspecified atom stereocenters. The summed E-state index contributed by atoms with van der Waals surface area (Å²) in [4.78, 5) is 24.4. The van der Waals surface area contributed by atoms with Crippen LogP contribution in [-0.4, -0.2) is 47.0 Å². The van der Waals surface area contributed by atoms with Crippen molar-refractivity contribution < 1.29 is 9.72 Å². The van der Waals surface area contributed by atoms with Crippen molar-refractivity contribution in [3.8, 4) is 0 Å². The predicted molar refractivity (Wildman–Crippen MR) is 74.6 cm³/mol. The maximum Gasteiger partial charge on any atom is 0.287 e. The van der Waals surface area contributed by atoms with Gasteiger partial charge in [0.15, 0.2) is 0 Å². The predicted octanol–water partition coefficient (Wildman–Crippen LogP) is 1.00. The monoisotopic (exact) mass is 280 g/mol. The first kappa shape index (κ1) is 14.5. The summed E-state index contributed by atoms with van der Waals surface area (Å²) in [6, 6.07) is 1.35. The molecular formula is C13H20N4O3. The largest absolute Gasteiger partial charge is 0.340 e. The Bertz CT molecular complexity index is 504. The van der Waals surface area contributed by atoms with Gasteiger partial charge in [0.05, 0.1) is 11.1 Å². The molecular weight excluding hydrogens is 260 g/mol. The van der Waals surface area contributed by atoms with Crippen molar-refractivity contribution in [2.75, 3.05) is 26.7 Å². The highest BCUT2D eigenvalue weighted by Gasteiger charge is 2.26. The van der Waals surface area contributed by atoms with Gasteiger partial charge in [-0.05, 0) is 32.4 Å². The van der Waals surface area contributed by atoms with Crippen LogP contribution in [0.15, 0.2) is 12.3 Å². The number of rotatable bonds is 4. The molecule has 1 aromatic rings. The van der Waals surface area contributed by atoms with E-state index < -0.39 is 4.92 Å². The van der Waals surface area contributed by atoms with Crippen molar-refractivity contribution in [3.05, 3.63) is 28.1 Å². The number of piperidine rings is 1. The van der Waals surface area contributed by atoms with Crippen molar-refractivity contribution in [2.24, 2.45) is 13.0 Å². The lowest BCUT2D eigenvalue weighted by Gasteiger charge is -2.31. The Hall–Kier alpha value is -1.89. The standard InChI is InChI=1S/C13H20N4O3/c1-14-8-10-3-5-16(6-4-10)13(18)12-7-11(17(19)20)9-15(12)2/h7,9-10,14H,3-6,8H2,1-2H3. The van der Waals surface area contributed by atoms with Crippen LogP contribution >= 0.6 is 0 Å². The topological polar surface area (TPSA) is 80.4 Å². The van der Waals surface area contributed by atoms with E-state index in [1.54, 1.807) is 11.9 Å². The molecule has 1 N–H and O–H groups in total. The Morgan fingerprint density at radius 2 is 2.15 bits per heavy atom. The van der Waals surface area contributed by atoms with Crippen LogP contribution < -0.4 is 5.32 Å². The number of aryl methyl sites for hydroxylation is 1. The van der Waals surface area contributed by atoms with Gasteiger partial charge < -0.3 is 14.8 Å². The minimum atomic E-state index is -0.476. The molecule has 1 amide bonds. The van der Waals surface area contributed by atoms with Crippen molar-refractivity contribution >= 4 is 11.6 Å². The summed E-state index contributed by atoms with van der Waals surface area (Å²) in [5.74, 6) is 0.482. The number of hydrogen-bond donors (Lipinski definition) is 1. The molecule has 0 saturated carbocycles. The van der Waals surface area contributed by atoms with Gasteiger partial charge in [0.25, 0.3) is 11.6 Å². The molecule has 1 aliphatic heterocycles. The highest BCUT2D eigenvalue weighted by atomic mass is 16.6. The zero-order chi connectivity index (χ0) is 14.7. The molecule has 7 nitrogen and oxygen atoms in total. The summed E-state index contributed by atoms with van der Waals surface area (Å²) < 4.78 is 1.53. The van der Waals surface area contributed by atoms with Gasteiger partial charge in [-0.3, -0.25) is 14.9 Å². The van der Waals surface area contributed by atoms with Gasteiger partial charge in [-0.15, -0.1) is 0 Å². The number of amides is 1. The van der Waals surface area contributed by atoms with Gasteiger partial charge in [0.1, 0.15) is 5.69 Å². The van der Waals surface area contributed by atoms with E-state index in [0.717, 1.165) is 19.4 Å². The molecule has 0 spiro atoms. The molecule has 0 bridgehead atoms. The van der Waals surface area contributed by atoms with Crippen LogP contribution in [0.1, 0.15) is 23.3 Å². The minimum Gasteiger partial charge on any atom is -0.340 e. The molecule has 1 aliphatic rings. The van der Waals surface area contributed by atoms with E-state index in [4.69, 9.17) is 0 Å². The zero-order valence-corrected chi connectivity index (χ0v) is 11.8. The van der Waals surface area contributed by atoms with Crippen LogP contribution in [0.5, 0.6) is 0 Å². The van der Waals surface area contributed by atoms with Crippen LogP contribution in [0.25, 0.3) is 0 Å². The van der Waals surface area contributed by atoms with Gasteiger partial charge in [-0.2, -0.15) is 0 Å². The second-order valence-corrected chi connectivity index (χ2v) is 5.24. The van der Waals surface area contributed by atoms with Crippen LogP contribution in [0.3, 0.4) is 0 Å². The lowest BCUT2D eigenvalue weighted by Crippen LogP contribution is -2.41. The Balaban J connectivity index is 2.03. The van der Waals surface area contributed by atoms with E-state index in [1.807, 2.05) is 7.05 Å². The SMILES string of the molecule is CNCC1CCN(C(=O)c2cc([N+](=O)[O-])cn2C)CC1. The van der Waals surface area contributed by atoms with Crippen LogP contribution in [0, 0.1) is 16.0 Å². The van der Waals surface area contributed by atoms with E-state index in [-0.39, 0.29) is 11.6 Å². The number of carbonyl (C=O) groups excluding carboxylic acids is 1. The number of nitrogens with one attached hydrogen (secondary N) is 1. The summed E-state index contributed by atoms with van der Waals surface area (Å²) in [5.41, 5.74) is 0.338. The van der Waals surface area contributed by atoms with Gasteiger partial charge >= 0.3 is 0 Å². The second-order valence-electron chi connectivity index (χ2n) is 5.24. The number of carbonyl (C=O) groups is 1. The quantitative estimate of drug-likeness (QED) is 0.659. The molecule has 0 atom stereocenters. The normalized spacial score (nSPS) is 16.4. The summed E-state index contributed by atoms with van der Waals surface area (Å²) in [6.07, 6.45) is 3.32. The number of hydrogen-bond acceptors (Lipinski definition) is 4. The fourth-order valence-electron chi connectivity index (χ4n) is 2.65. The van der Waals surface area contributed by atoms with E-state index in [1.165, 1.54) is 16.8 Å². The average Bonchev–Trinajstić information content (AvgIpc) is 2.81. The summed E-state index contributed by atoms with van der Waals surface area (Å²) >= 11 is 0. The van der Waals surface area contributed by atoms with E-state index in [9.17, 15) is 14.9 Å². The summed E-state index contributed by atoms with van der Waals surface area (Å²) in [6.45, 7) is 2.39. The first-order valence-electron chi connectivity index (χ1n) is 6.77. The fraction of sp³-hybridized carbons (Fsp3) is 0.615. The first-order chi connectivity index (χ1) is 9.52. The molecule has 110 valence electrons. The Morgan fingerprint density at radius 1 is 1.50 bits per heavy atom. The number of aromatic nitrogens is 1. The molecule has 7 heteroatoms. The van der Waals surface area contributed by atoms with Crippen LogP contribution in [0.4, 0.5) is 5.69 Å². The third-order valence-electron chi connectivity index (χ3n) is 3.81. The lowest BCUT2D eigenvalue weighted by molar-refractivity contribution is -0.384. The van der Waals surface area contributed by atoms with Crippen molar-refractivity contribution in [1.82, 2.24) is 14.8 Å². The molecule has 1 aromatic heterocycles. The molecule has 0 aromatic carbocycles. The average molecular weight is 280 g/mol. The molecule has 0 radical (unpaired) electrons. The molecule has 20 heavy (non-hydrogen) atoms. The molecule has 2 rings (SSSR count). The zero-order valence-electron chi connectivity index (χ0n) is 11.8. The van der Waals surface area contributed by atoms with Gasteiger partial charge in [-0.1, -0.05) is 0 Å². The number of nitrogens with zero attached hydrogens (tertiary/aromatic N) is 3. The van der Waals surface area contributed by atoms with Gasteiger partial charge in [-0.25, -0.2) is 0 Å². The number of likely N-dealkylation sites (tertiary alicyclic amines) is 1. The number of nitro groups is 1. The first-order valence-corrected chi connectivity index (χ1v) is 6.77. The minimum absolute atomic E-state index is 0.0408. The fourth-order valence-corrected chi connectivity index (χ4v) is 2.65. The van der Waals surface area contributed by atoms with E-state index >= 15 is 0 Å². The van der Waals surface area contributed by atoms with E-state index in [2.05, 4.69) is 5.32 Å².